The Morgan fingerprint density at radius 2 is 1.78 bits per heavy atom. The van der Waals surface area contributed by atoms with E-state index in [4.69, 9.17) is 4.98 Å². The minimum atomic E-state index is -1.09. The summed E-state index contributed by atoms with van der Waals surface area (Å²) >= 11 is -1.09. The number of pyridine rings is 1. The first-order valence-electron chi connectivity index (χ1n) is 8.65. The molecular formula is C21H18FN3OS. The molecule has 0 aliphatic carbocycles. The standard InChI is InChI=1S/C21H18FN3OS/c1-3-27(26)19-11-7-5-9-16(19)20-24-18-12-14(13-23-21(18)25(20)2)15-8-4-6-10-17(15)22/h4-13H,3H2,1-2H3. The van der Waals surface area contributed by atoms with Crippen molar-refractivity contribution >= 4 is 22.3 Å². The van der Waals surface area contributed by atoms with Gasteiger partial charge in [-0.15, -0.1) is 0 Å². The van der Waals surface area contributed by atoms with Gasteiger partial charge >= 0.3 is 0 Å². The molecule has 0 saturated carbocycles. The summed E-state index contributed by atoms with van der Waals surface area (Å²) in [6.07, 6.45) is 1.66. The Bertz CT molecular complexity index is 1130. The monoisotopic (exact) mass is 379 g/mol. The first kappa shape index (κ1) is 17.7. The Kier molecular flexibility index (Phi) is 4.68. The van der Waals surface area contributed by atoms with Gasteiger partial charge in [-0.25, -0.2) is 14.4 Å². The van der Waals surface area contributed by atoms with E-state index < -0.39 is 11.2 Å². The number of nitrogens with zero attached hydrogens (tertiary/aromatic N) is 3. The van der Waals surface area contributed by atoms with Gasteiger partial charge in [0.15, 0.2) is 10.5 Å². The van der Waals surface area contributed by atoms with Gasteiger partial charge in [-0.2, -0.15) is 0 Å². The van der Waals surface area contributed by atoms with E-state index in [0.29, 0.717) is 33.9 Å². The van der Waals surface area contributed by atoms with Crippen LogP contribution in [0.15, 0.2) is 65.7 Å². The highest BCUT2D eigenvalue weighted by atomic mass is 32.2. The lowest BCUT2D eigenvalue weighted by Gasteiger charge is -2.12. The van der Waals surface area contributed by atoms with E-state index in [9.17, 15) is 8.94 Å². The fourth-order valence-electron chi connectivity index (χ4n) is 3.16. The molecule has 2 aromatic heterocycles. The summed E-state index contributed by atoms with van der Waals surface area (Å²) in [6, 6.07) is 16.0. The highest BCUT2D eigenvalue weighted by Gasteiger charge is 2.20. The predicted octanol–water partition coefficient (Wildman–Crippen LogP) is 4.57. The Morgan fingerprint density at radius 3 is 2.52 bits per heavy atom. The maximum Gasteiger partial charge on any atom is 0.163 e. The average Bonchev–Trinajstić information content (AvgIpc) is 3.03. The second kappa shape index (κ2) is 7.13. The molecule has 4 nitrogen and oxygen atoms in total. The Labute approximate surface area is 159 Å². The molecule has 0 aliphatic rings. The molecule has 27 heavy (non-hydrogen) atoms. The Balaban J connectivity index is 1.88. The van der Waals surface area contributed by atoms with Crippen LogP contribution in [0.25, 0.3) is 33.7 Å². The first-order valence-corrected chi connectivity index (χ1v) is 9.97. The van der Waals surface area contributed by atoms with E-state index in [-0.39, 0.29) is 5.82 Å². The molecule has 6 heteroatoms. The van der Waals surface area contributed by atoms with Crippen molar-refractivity contribution in [3.8, 4) is 22.5 Å². The molecule has 0 amide bonds. The summed E-state index contributed by atoms with van der Waals surface area (Å²) < 4.78 is 28.4. The summed E-state index contributed by atoms with van der Waals surface area (Å²) in [5.74, 6) is 0.940. The molecule has 2 aromatic carbocycles. The predicted molar refractivity (Wildman–Crippen MR) is 106 cm³/mol. The smallest absolute Gasteiger partial charge is 0.163 e. The number of fused-ring (bicyclic) bond motifs is 1. The first-order chi connectivity index (χ1) is 13.1. The topological polar surface area (TPSA) is 53.8 Å². The van der Waals surface area contributed by atoms with E-state index in [2.05, 4.69) is 4.98 Å². The molecule has 1 atom stereocenters. The summed E-state index contributed by atoms with van der Waals surface area (Å²) in [5.41, 5.74) is 3.36. The van der Waals surface area contributed by atoms with E-state index in [1.54, 1.807) is 24.4 Å². The largest absolute Gasteiger partial charge is 0.611 e. The van der Waals surface area contributed by atoms with Crippen LogP contribution in [0.4, 0.5) is 4.39 Å². The quantitative estimate of drug-likeness (QED) is 0.488. The zero-order valence-electron chi connectivity index (χ0n) is 15.0. The highest BCUT2D eigenvalue weighted by Crippen LogP contribution is 2.31. The van der Waals surface area contributed by atoms with E-state index >= 15 is 0 Å². The van der Waals surface area contributed by atoms with Crippen LogP contribution in [-0.4, -0.2) is 24.8 Å². The summed E-state index contributed by atoms with van der Waals surface area (Å²) in [6.45, 7) is 1.89. The van der Waals surface area contributed by atoms with Crippen molar-refractivity contribution in [2.45, 2.75) is 11.8 Å². The molecular weight excluding hydrogens is 361 g/mol. The summed E-state index contributed by atoms with van der Waals surface area (Å²) in [5, 5.41) is 0. The zero-order chi connectivity index (χ0) is 19.0. The third kappa shape index (κ3) is 3.11. The van der Waals surface area contributed by atoms with Crippen LogP contribution in [0.5, 0.6) is 0 Å². The van der Waals surface area contributed by atoms with Gasteiger partial charge in [0.25, 0.3) is 0 Å². The molecule has 0 fully saturated rings. The molecule has 0 saturated heterocycles. The second-order valence-corrected chi connectivity index (χ2v) is 7.88. The number of halogens is 1. The van der Waals surface area contributed by atoms with E-state index in [1.807, 2.05) is 48.9 Å². The number of rotatable bonds is 4. The van der Waals surface area contributed by atoms with Crippen molar-refractivity contribution in [2.75, 3.05) is 5.75 Å². The van der Waals surface area contributed by atoms with Crippen LogP contribution >= 0.6 is 0 Å². The number of imidazole rings is 1. The summed E-state index contributed by atoms with van der Waals surface area (Å²) in [4.78, 5) is 9.97. The molecule has 4 rings (SSSR count). The van der Waals surface area contributed by atoms with Gasteiger partial charge in [-0.3, -0.25) is 0 Å². The third-order valence-corrected chi connectivity index (χ3v) is 5.90. The van der Waals surface area contributed by atoms with Gasteiger partial charge in [-0.1, -0.05) is 30.3 Å². The van der Waals surface area contributed by atoms with Crippen molar-refractivity contribution in [3.05, 3.63) is 66.6 Å². The fraction of sp³-hybridized carbons (Fsp3) is 0.143. The van der Waals surface area contributed by atoms with Crippen molar-refractivity contribution in [3.63, 3.8) is 0 Å². The van der Waals surface area contributed by atoms with Gasteiger partial charge in [0.1, 0.15) is 22.9 Å². The van der Waals surface area contributed by atoms with Crippen LogP contribution in [0.2, 0.25) is 0 Å². The van der Waals surface area contributed by atoms with Gasteiger partial charge < -0.3 is 9.12 Å². The van der Waals surface area contributed by atoms with Crippen LogP contribution in [0, 0.1) is 5.82 Å². The Morgan fingerprint density at radius 1 is 1.07 bits per heavy atom. The van der Waals surface area contributed by atoms with Crippen LogP contribution in [0.3, 0.4) is 0 Å². The molecule has 4 aromatic rings. The number of hydrogen-bond donors (Lipinski definition) is 0. The van der Waals surface area contributed by atoms with Crippen LogP contribution in [-0.2, 0) is 18.2 Å². The zero-order valence-corrected chi connectivity index (χ0v) is 15.8. The number of aryl methyl sites for hydroxylation is 1. The Hall–Kier alpha value is -2.70. The molecule has 136 valence electrons. The maximum atomic E-state index is 14.1. The van der Waals surface area contributed by atoms with Crippen LogP contribution < -0.4 is 0 Å². The van der Waals surface area contributed by atoms with Gasteiger partial charge in [0.05, 0.1) is 5.56 Å². The van der Waals surface area contributed by atoms with Gasteiger partial charge in [0, 0.05) is 24.4 Å². The molecule has 0 bridgehead atoms. The number of aromatic nitrogens is 3. The maximum absolute atomic E-state index is 14.1. The summed E-state index contributed by atoms with van der Waals surface area (Å²) in [7, 11) is 1.88. The molecule has 0 radical (unpaired) electrons. The van der Waals surface area contributed by atoms with Crippen molar-refractivity contribution in [1.29, 1.82) is 0 Å². The molecule has 1 unspecified atom stereocenters. The fourth-order valence-corrected chi connectivity index (χ4v) is 4.11. The molecule has 0 N–H and O–H groups in total. The highest BCUT2D eigenvalue weighted by molar-refractivity contribution is 7.91. The van der Waals surface area contributed by atoms with Crippen LogP contribution in [0.1, 0.15) is 6.92 Å². The van der Waals surface area contributed by atoms with E-state index in [1.165, 1.54) is 6.07 Å². The lowest BCUT2D eigenvalue weighted by Crippen LogP contribution is -2.07. The third-order valence-electron chi connectivity index (χ3n) is 4.53. The molecule has 0 aliphatic heterocycles. The number of hydrogen-bond acceptors (Lipinski definition) is 3. The second-order valence-electron chi connectivity index (χ2n) is 6.17. The minimum absolute atomic E-state index is 0.293. The average molecular weight is 379 g/mol. The van der Waals surface area contributed by atoms with Gasteiger partial charge in [-0.05, 0) is 42.4 Å². The SMILES string of the molecule is CC[S+]([O-])c1ccccc1-c1nc2cc(-c3ccccc3F)cnc2n1C. The minimum Gasteiger partial charge on any atom is -0.611 e. The van der Waals surface area contributed by atoms with Crippen molar-refractivity contribution in [1.82, 2.24) is 14.5 Å². The molecule has 2 heterocycles. The van der Waals surface area contributed by atoms with Crippen molar-refractivity contribution < 1.29 is 8.94 Å². The van der Waals surface area contributed by atoms with Gasteiger partial charge in [0.2, 0.25) is 0 Å². The lowest BCUT2D eigenvalue weighted by molar-refractivity contribution is 0.596. The lowest BCUT2D eigenvalue weighted by atomic mass is 10.1. The van der Waals surface area contributed by atoms with E-state index in [0.717, 1.165) is 10.5 Å². The molecule has 0 spiro atoms. The normalized spacial score (nSPS) is 12.4. The number of benzene rings is 2. The van der Waals surface area contributed by atoms with Crippen molar-refractivity contribution in [2.24, 2.45) is 7.05 Å².